The fourth-order valence-electron chi connectivity index (χ4n) is 2.58. The highest BCUT2D eigenvalue weighted by atomic mass is 35.5. The summed E-state index contributed by atoms with van der Waals surface area (Å²) >= 11 is 5.85. The number of benzene rings is 2. The van der Waals surface area contributed by atoms with Gasteiger partial charge in [0.05, 0.1) is 12.4 Å². The van der Waals surface area contributed by atoms with E-state index < -0.39 is 0 Å². The summed E-state index contributed by atoms with van der Waals surface area (Å²) in [6, 6.07) is 13.9. The summed E-state index contributed by atoms with van der Waals surface area (Å²) in [5, 5.41) is 6.65. The minimum atomic E-state index is -0.265. The molecular formula is C21H20ClFN4O. The minimum Gasteiger partial charge on any atom is -0.368 e. The standard InChI is InChI=1S/C21H20ClFN4O/c22-17-5-1-15(2-6-17)10-12-25-21(28)19-13-27-20(14-26-19)24-11-9-16-3-7-18(23)8-4-16/h1-8,13-14H,9-12H2,(H,24,27)(H,25,28). The Bertz CT molecular complexity index is 899. The zero-order valence-corrected chi connectivity index (χ0v) is 15.9. The fourth-order valence-corrected chi connectivity index (χ4v) is 2.71. The molecule has 2 aromatic carbocycles. The third-order valence-corrected chi connectivity index (χ3v) is 4.38. The van der Waals surface area contributed by atoms with Crippen LogP contribution in [-0.4, -0.2) is 29.0 Å². The monoisotopic (exact) mass is 398 g/mol. The third-order valence-electron chi connectivity index (χ3n) is 4.13. The van der Waals surface area contributed by atoms with Gasteiger partial charge in [0, 0.05) is 18.1 Å². The van der Waals surface area contributed by atoms with Gasteiger partial charge >= 0.3 is 0 Å². The number of carbonyl (C=O) groups excluding carboxylic acids is 1. The number of nitrogens with one attached hydrogen (secondary N) is 2. The van der Waals surface area contributed by atoms with E-state index in [0.29, 0.717) is 30.4 Å². The molecule has 2 N–H and O–H groups in total. The maximum absolute atomic E-state index is 12.9. The Morgan fingerprint density at radius 2 is 1.54 bits per heavy atom. The Morgan fingerprint density at radius 3 is 2.18 bits per heavy atom. The molecule has 0 atom stereocenters. The van der Waals surface area contributed by atoms with Crippen molar-refractivity contribution in [3.8, 4) is 0 Å². The molecule has 3 aromatic rings. The molecule has 144 valence electrons. The number of hydrogen-bond acceptors (Lipinski definition) is 4. The quantitative estimate of drug-likeness (QED) is 0.604. The van der Waals surface area contributed by atoms with E-state index in [4.69, 9.17) is 11.6 Å². The van der Waals surface area contributed by atoms with E-state index in [-0.39, 0.29) is 17.4 Å². The molecule has 0 unspecified atom stereocenters. The number of anilines is 1. The Kier molecular flexibility index (Phi) is 6.92. The lowest BCUT2D eigenvalue weighted by Crippen LogP contribution is -2.26. The maximum atomic E-state index is 12.9. The molecule has 28 heavy (non-hydrogen) atoms. The molecular weight excluding hydrogens is 379 g/mol. The summed E-state index contributed by atoms with van der Waals surface area (Å²) in [5.74, 6) is 0.0729. The summed E-state index contributed by atoms with van der Waals surface area (Å²) in [7, 11) is 0. The van der Waals surface area contributed by atoms with Gasteiger partial charge in [-0.05, 0) is 48.2 Å². The van der Waals surface area contributed by atoms with Gasteiger partial charge in [0.2, 0.25) is 0 Å². The van der Waals surface area contributed by atoms with Crippen LogP contribution in [0, 0.1) is 5.82 Å². The number of aromatic nitrogens is 2. The topological polar surface area (TPSA) is 66.9 Å². The van der Waals surface area contributed by atoms with Crippen LogP contribution in [0.15, 0.2) is 60.9 Å². The van der Waals surface area contributed by atoms with E-state index >= 15 is 0 Å². The average molecular weight is 399 g/mol. The van der Waals surface area contributed by atoms with Crippen LogP contribution in [0.4, 0.5) is 10.2 Å². The van der Waals surface area contributed by atoms with Gasteiger partial charge in [-0.25, -0.2) is 14.4 Å². The summed E-state index contributed by atoms with van der Waals surface area (Å²) in [5.41, 5.74) is 2.38. The molecule has 0 bridgehead atoms. The second kappa shape index (κ2) is 9.80. The van der Waals surface area contributed by atoms with E-state index in [2.05, 4.69) is 20.6 Å². The molecule has 0 spiro atoms. The summed E-state index contributed by atoms with van der Waals surface area (Å²) in [6.07, 6.45) is 4.41. The Morgan fingerprint density at radius 1 is 0.893 bits per heavy atom. The first-order chi connectivity index (χ1) is 13.6. The number of nitrogens with zero attached hydrogens (tertiary/aromatic N) is 2. The number of amides is 1. The Labute approximate surface area is 168 Å². The molecule has 0 aliphatic rings. The third kappa shape index (κ3) is 6.03. The van der Waals surface area contributed by atoms with Crippen molar-refractivity contribution >= 4 is 23.3 Å². The van der Waals surface area contributed by atoms with E-state index in [9.17, 15) is 9.18 Å². The number of hydrogen-bond donors (Lipinski definition) is 2. The Balaban J connectivity index is 1.42. The molecule has 1 aromatic heterocycles. The highest BCUT2D eigenvalue weighted by Crippen LogP contribution is 2.10. The van der Waals surface area contributed by atoms with Crippen LogP contribution in [0.3, 0.4) is 0 Å². The molecule has 7 heteroatoms. The van der Waals surface area contributed by atoms with E-state index in [0.717, 1.165) is 17.5 Å². The molecule has 0 aliphatic carbocycles. The molecule has 0 saturated carbocycles. The lowest BCUT2D eigenvalue weighted by atomic mass is 10.1. The first-order valence-corrected chi connectivity index (χ1v) is 9.31. The lowest BCUT2D eigenvalue weighted by molar-refractivity contribution is 0.0949. The van der Waals surface area contributed by atoms with Crippen molar-refractivity contribution in [2.24, 2.45) is 0 Å². The van der Waals surface area contributed by atoms with Crippen LogP contribution in [0.2, 0.25) is 5.02 Å². The first-order valence-electron chi connectivity index (χ1n) is 8.93. The van der Waals surface area contributed by atoms with Crippen LogP contribution < -0.4 is 10.6 Å². The number of halogens is 2. The van der Waals surface area contributed by atoms with Crippen molar-refractivity contribution in [2.45, 2.75) is 12.8 Å². The van der Waals surface area contributed by atoms with Gasteiger partial charge in [0.15, 0.2) is 0 Å². The molecule has 5 nitrogen and oxygen atoms in total. The predicted octanol–water partition coefficient (Wildman–Crippen LogP) is 3.90. The Hall–Kier alpha value is -2.99. The van der Waals surface area contributed by atoms with Crippen LogP contribution in [0.5, 0.6) is 0 Å². The zero-order valence-electron chi connectivity index (χ0n) is 15.2. The van der Waals surface area contributed by atoms with Crippen LogP contribution >= 0.6 is 11.6 Å². The molecule has 0 aliphatic heterocycles. The molecule has 1 amide bonds. The number of rotatable bonds is 8. The maximum Gasteiger partial charge on any atom is 0.271 e. The van der Waals surface area contributed by atoms with Crippen LogP contribution in [-0.2, 0) is 12.8 Å². The van der Waals surface area contributed by atoms with Crippen LogP contribution in [0.25, 0.3) is 0 Å². The van der Waals surface area contributed by atoms with Gasteiger partial charge in [-0.2, -0.15) is 0 Å². The molecule has 0 saturated heterocycles. The van der Waals surface area contributed by atoms with E-state index in [1.165, 1.54) is 24.5 Å². The van der Waals surface area contributed by atoms with Crippen molar-refractivity contribution in [3.05, 3.63) is 88.6 Å². The summed E-state index contributed by atoms with van der Waals surface area (Å²) < 4.78 is 12.9. The largest absolute Gasteiger partial charge is 0.368 e. The van der Waals surface area contributed by atoms with Crippen molar-refractivity contribution < 1.29 is 9.18 Å². The van der Waals surface area contributed by atoms with Crippen LogP contribution in [0.1, 0.15) is 21.6 Å². The highest BCUT2D eigenvalue weighted by Gasteiger charge is 2.07. The van der Waals surface area contributed by atoms with Gasteiger partial charge in [0.25, 0.3) is 5.91 Å². The molecule has 0 radical (unpaired) electrons. The predicted molar refractivity (Wildman–Crippen MR) is 108 cm³/mol. The zero-order chi connectivity index (χ0) is 19.8. The van der Waals surface area contributed by atoms with E-state index in [1.54, 1.807) is 12.1 Å². The smallest absolute Gasteiger partial charge is 0.271 e. The molecule has 0 fully saturated rings. The summed E-state index contributed by atoms with van der Waals surface area (Å²) in [6.45, 7) is 1.13. The van der Waals surface area contributed by atoms with Gasteiger partial charge in [-0.3, -0.25) is 4.79 Å². The average Bonchev–Trinajstić information content (AvgIpc) is 2.71. The van der Waals surface area contributed by atoms with Crippen molar-refractivity contribution in [1.82, 2.24) is 15.3 Å². The first kappa shape index (κ1) is 19.8. The van der Waals surface area contributed by atoms with Gasteiger partial charge in [0.1, 0.15) is 17.3 Å². The summed E-state index contributed by atoms with van der Waals surface area (Å²) in [4.78, 5) is 20.5. The fraction of sp³-hybridized carbons (Fsp3) is 0.190. The normalized spacial score (nSPS) is 10.5. The van der Waals surface area contributed by atoms with Gasteiger partial charge < -0.3 is 10.6 Å². The van der Waals surface area contributed by atoms with Crippen molar-refractivity contribution in [1.29, 1.82) is 0 Å². The second-order valence-corrected chi connectivity index (χ2v) is 6.66. The van der Waals surface area contributed by atoms with Crippen molar-refractivity contribution in [2.75, 3.05) is 18.4 Å². The SMILES string of the molecule is O=C(NCCc1ccc(Cl)cc1)c1cnc(NCCc2ccc(F)cc2)cn1. The molecule has 1 heterocycles. The van der Waals surface area contributed by atoms with Gasteiger partial charge in [-0.15, -0.1) is 0 Å². The number of carbonyl (C=O) groups is 1. The van der Waals surface area contributed by atoms with Crippen molar-refractivity contribution in [3.63, 3.8) is 0 Å². The van der Waals surface area contributed by atoms with E-state index in [1.807, 2.05) is 24.3 Å². The second-order valence-electron chi connectivity index (χ2n) is 6.22. The molecule has 3 rings (SSSR count). The minimum absolute atomic E-state index is 0.246. The lowest BCUT2D eigenvalue weighted by Gasteiger charge is -2.07. The highest BCUT2D eigenvalue weighted by molar-refractivity contribution is 6.30. The van der Waals surface area contributed by atoms with Gasteiger partial charge in [-0.1, -0.05) is 35.9 Å².